The number of hydrogen-bond acceptors (Lipinski definition) is 3. The van der Waals surface area contributed by atoms with E-state index < -0.39 is 0 Å². The Morgan fingerprint density at radius 3 is 2.78 bits per heavy atom. The van der Waals surface area contributed by atoms with Gasteiger partial charge in [-0.1, -0.05) is 23.7 Å². The second-order valence-electron chi connectivity index (χ2n) is 6.43. The predicted molar refractivity (Wildman–Crippen MR) is 90.4 cm³/mol. The van der Waals surface area contributed by atoms with Crippen molar-refractivity contribution < 1.29 is 4.74 Å². The fourth-order valence-electron chi connectivity index (χ4n) is 3.92. The third-order valence-corrected chi connectivity index (χ3v) is 5.40. The molecule has 0 unspecified atom stereocenters. The highest BCUT2D eigenvalue weighted by Gasteiger charge is 2.48. The van der Waals surface area contributed by atoms with Gasteiger partial charge in [0, 0.05) is 28.8 Å². The van der Waals surface area contributed by atoms with Crippen LogP contribution in [-0.2, 0) is 10.3 Å². The molecule has 1 N–H and O–H groups in total. The fourth-order valence-corrected chi connectivity index (χ4v) is 4.10. The van der Waals surface area contributed by atoms with Crippen molar-refractivity contribution in [2.75, 3.05) is 11.9 Å². The van der Waals surface area contributed by atoms with Gasteiger partial charge in [0.15, 0.2) is 0 Å². The van der Waals surface area contributed by atoms with E-state index in [0.717, 1.165) is 29.3 Å². The molecule has 2 heterocycles. The summed E-state index contributed by atoms with van der Waals surface area (Å²) in [6.45, 7) is 2.98. The van der Waals surface area contributed by atoms with Gasteiger partial charge in [0.05, 0.1) is 23.3 Å². The molecule has 2 aliphatic heterocycles. The van der Waals surface area contributed by atoms with E-state index >= 15 is 0 Å². The Bertz CT molecular complexity index is 796. The van der Waals surface area contributed by atoms with Crippen LogP contribution in [0.15, 0.2) is 42.5 Å². The molecule has 1 fully saturated rings. The number of rotatable bonds is 1. The van der Waals surface area contributed by atoms with Crippen molar-refractivity contribution in [2.24, 2.45) is 5.92 Å². The Morgan fingerprint density at radius 2 is 2.04 bits per heavy atom. The molecule has 0 bridgehead atoms. The van der Waals surface area contributed by atoms with Gasteiger partial charge in [0.2, 0.25) is 0 Å². The summed E-state index contributed by atoms with van der Waals surface area (Å²) >= 11 is 6.17. The number of anilines is 1. The molecule has 0 spiro atoms. The van der Waals surface area contributed by atoms with Crippen LogP contribution in [0.4, 0.5) is 5.69 Å². The van der Waals surface area contributed by atoms with Gasteiger partial charge in [-0.05, 0) is 49.2 Å². The van der Waals surface area contributed by atoms with Crippen LogP contribution in [0.5, 0.6) is 0 Å². The number of halogens is 1. The molecule has 0 aliphatic carbocycles. The molecule has 116 valence electrons. The molecule has 0 aromatic heterocycles. The maximum atomic E-state index is 9.01. The summed E-state index contributed by atoms with van der Waals surface area (Å²) in [5, 5.41) is 13.5. The largest absolute Gasteiger partial charge is 0.375 e. The van der Waals surface area contributed by atoms with Gasteiger partial charge in [0.25, 0.3) is 0 Å². The summed E-state index contributed by atoms with van der Waals surface area (Å²) in [6.07, 6.45) is 1.06. The lowest BCUT2D eigenvalue weighted by atomic mass is 9.71. The molecule has 3 nitrogen and oxygen atoms in total. The highest BCUT2D eigenvalue weighted by Crippen LogP contribution is 2.53. The van der Waals surface area contributed by atoms with Gasteiger partial charge in [-0.25, -0.2) is 0 Å². The minimum Gasteiger partial charge on any atom is -0.375 e. The lowest BCUT2D eigenvalue weighted by molar-refractivity contribution is 0.0686. The summed E-state index contributed by atoms with van der Waals surface area (Å²) in [7, 11) is 0. The Kier molecular flexibility index (Phi) is 3.33. The predicted octanol–water partition coefficient (Wildman–Crippen LogP) is 4.63. The molecular weight excluding hydrogens is 308 g/mol. The average molecular weight is 325 g/mol. The molecule has 3 atom stereocenters. The molecule has 2 aromatic carbocycles. The van der Waals surface area contributed by atoms with Crippen molar-refractivity contribution in [2.45, 2.75) is 25.0 Å². The van der Waals surface area contributed by atoms with E-state index in [1.807, 2.05) is 42.5 Å². The molecule has 0 saturated carbocycles. The van der Waals surface area contributed by atoms with Crippen LogP contribution in [0, 0.1) is 17.2 Å². The van der Waals surface area contributed by atoms with Gasteiger partial charge in [-0.3, -0.25) is 0 Å². The SMILES string of the molecule is C[C@]1(c2ccc(C#N)cc2)Nc2ccc(Cl)cc2[C@H]2OCC[C@@H]21. The highest BCUT2D eigenvalue weighted by atomic mass is 35.5. The number of nitrogens with zero attached hydrogens (tertiary/aromatic N) is 1. The normalized spacial score (nSPS) is 28.4. The molecule has 4 heteroatoms. The highest BCUT2D eigenvalue weighted by molar-refractivity contribution is 6.30. The summed E-state index contributed by atoms with van der Waals surface area (Å²) in [4.78, 5) is 0. The lowest BCUT2D eigenvalue weighted by Crippen LogP contribution is -2.44. The monoisotopic (exact) mass is 324 g/mol. The average Bonchev–Trinajstić information content (AvgIpc) is 3.07. The number of ether oxygens (including phenoxy) is 1. The zero-order valence-electron chi connectivity index (χ0n) is 12.8. The molecule has 1 saturated heterocycles. The van der Waals surface area contributed by atoms with Crippen LogP contribution in [-0.4, -0.2) is 6.61 Å². The van der Waals surface area contributed by atoms with Crippen LogP contribution in [0.1, 0.15) is 36.1 Å². The van der Waals surface area contributed by atoms with Crippen LogP contribution in [0.25, 0.3) is 0 Å². The van der Waals surface area contributed by atoms with Gasteiger partial charge >= 0.3 is 0 Å². The van der Waals surface area contributed by atoms with E-state index in [9.17, 15) is 0 Å². The van der Waals surface area contributed by atoms with Gasteiger partial charge in [0.1, 0.15) is 0 Å². The van der Waals surface area contributed by atoms with Crippen molar-refractivity contribution in [1.29, 1.82) is 5.26 Å². The zero-order chi connectivity index (χ0) is 16.0. The van der Waals surface area contributed by atoms with Crippen molar-refractivity contribution >= 4 is 17.3 Å². The van der Waals surface area contributed by atoms with E-state index in [2.05, 4.69) is 18.3 Å². The van der Waals surface area contributed by atoms with E-state index in [4.69, 9.17) is 21.6 Å². The first-order valence-corrected chi connectivity index (χ1v) is 8.19. The topological polar surface area (TPSA) is 45.0 Å². The Hall–Kier alpha value is -2.02. The Labute approximate surface area is 140 Å². The standard InChI is InChI=1S/C19H17ClN2O/c1-19(13-4-2-12(11-21)3-5-13)16-8-9-23-18(16)15-10-14(20)6-7-17(15)22-19/h2-7,10,16,18,22H,8-9H2,1H3/t16-,18+,19+/m0/s1. The smallest absolute Gasteiger partial charge is 0.0991 e. The summed E-state index contributed by atoms with van der Waals surface area (Å²) in [6, 6.07) is 16.0. The first-order valence-electron chi connectivity index (χ1n) is 7.82. The Morgan fingerprint density at radius 1 is 1.26 bits per heavy atom. The second kappa shape index (κ2) is 5.26. The molecule has 2 aromatic rings. The van der Waals surface area contributed by atoms with Gasteiger partial charge in [-0.2, -0.15) is 5.26 Å². The number of hydrogen-bond donors (Lipinski definition) is 1. The minimum atomic E-state index is -0.226. The summed E-state index contributed by atoms with van der Waals surface area (Å²) in [5.41, 5.74) is 3.85. The first-order chi connectivity index (χ1) is 11.1. The molecule has 0 amide bonds. The summed E-state index contributed by atoms with van der Waals surface area (Å²) < 4.78 is 6.05. The van der Waals surface area contributed by atoms with Crippen LogP contribution < -0.4 is 5.32 Å². The molecule has 2 aliphatic rings. The van der Waals surface area contributed by atoms with Gasteiger partial charge in [-0.15, -0.1) is 0 Å². The van der Waals surface area contributed by atoms with E-state index in [1.165, 1.54) is 5.56 Å². The summed E-state index contributed by atoms with van der Waals surface area (Å²) in [5.74, 6) is 0.335. The maximum Gasteiger partial charge on any atom is 0.0991 e. The molecule has 4 rings (SSSR count). The quantitative estimate of drug-likeness (QED) is 0.831. The number of benzene rings is 2. The number of nitriles is 1. The lowest BCUT2D eigenvalue weighted by Gasteiger charge is -2.45. The number of fused-ring (bicyclic) bond motifs is 3. The first kappa shape index (κ1) is 14.6. The van der Waals surface area contributed by atoms with Crippen molar-refractivity contribution in [3.8, 4) is 6.07 Å². The maximum absolute atomic E-state index is 9.01. The second-order valence-corrected chi connectivity index (χ2v) is 6.87. The van der Waals surface area contributed by atoms with Gasteiger partial charge < -0.3 is 10.1 Å². The van der Waals surface area contributed by atoms with Crippen molar-refractivity contribution in [1.82, 2.24) is 0 Å². The third-order valence-electron chi connectivity index (χ3n) is 5.16. The molecular formula is C19H17ClN2O. The zero-order valence-corrected chi connectivity index (χ0v) is 13.6. The van der Waals surface area contributed by atoms with E-state index in [-0.39, 0.29) is 11.6 Å². The molecule has 0 radical (unpaired) electrons. The Balaban J connectivity index is 1.82. The van der Waals surface area contributed by atoms with Crippen LogP contribution >= 0.6 is 11.6 Å². The molecule has 23 heavy (non-hydrogen) atoms. The van der Waals surface area contributed by atoms with E-state index in [1.54, 1.807) is 0 Å². The van der Waals surface area contributed by atoms with Crippen LogP contribution in [0.3, 0.4) is 0 Å². The van der Waals surface area contributed by atoms with Crippen LogP contribution in [0.2, 0.25) is 5.02 Å². The third kappa shape index (κ3) is 2.22. The minimum absolute atomic E-state index is 0.0607. The van der Waals surface area contributed by atoms with Crippen molar-refractivity contribution in [3.05, 3.63) is 64.2 Å². The fraction of sp³-hybridized carbons (Fsp3) is 0.316. The van der Waals surface area contributed by atoms with E-state index in [0.29, 0.717) is 11.5 Å². The number of nitrogens with one attached hydrogen (secondary N) is 1. The van der Waals surface area contributed by atoms with Crippen molar-refractivity contribution in [3.63, 3.8) is 0 Å².